The second kappa shape index (κ2) is 5.05. The Bertz CT molecular complexity index is 350. The molecule has 1 aromatic heterocycles. The number of aromatic nitrogens is 3. The van der Waals surface area contributed by atoms with Gasteiger partial charge in [-0.1, -0.05) is 11.8 Å². The molecule has 0 aliphatic rings. The van der Waals surface area contributed by atoms with E-state index < -0.39 is 18.6 Å². The minimum atomic E-state index is -4.25. The summed E-state index contributed by atoms with van der Waals surface area (Å²) >= 11 is 1.02. The number of nitrogens with zero attached hydrogens (tertiary/aromatic N) is 3. The quantitative estimate of drug-likeness (QED) is 0.824. The number of halogens is 3. The molecule has 8 heteroatoms. The van der Waals surface area contributed by atoms with Gasteiger partial charge in [0.2, 0.25) is 0 Å². The molecule has 0 bridgehead atoms. The Morgan fingerprint density at radius 3 is 2.44 bits per heavy atom. The predicted octanol–water partition coefficient (Wildman–Crippen LogP) is 1.35. The molecule has 0 spiro atoms. The standard InChI is InChI=1S/C8H13F3N4S/c1-5-13-14-7(15(5)2)16-4-6(3-12)8(9,10)11/h6H,3-4,12H2,1-2H3. The number of aryl methyl sites for hydroxylation is 1. The van der Waals surface area contributed by atoms with Crippen molar-refractivity contribution in [2.24, 2.45) is 18.7 Å². The van der Waals surface area contributed by atoms with E-state index in [1.807, 2.05) is 0 Å². The van der Waals surface area contributed by atoms with Crippen LogP contribution in [0.3, 0.4) is 0 Å². The maximum atomic E-state index is 12.4. The van der Waals surface area contributed by atoms with Gasteiger partial charge in [-0.15, -0.1) is 10.2 Å². The van der Waals surface area contributed by atoms with Gasteiger partial charge in [-0.25, -0.2) is 0 Å². The summed E-state index contributed by atoms with van der Waals surface area (Å²) in [4.78, 5) is 0. The highest BCUT2D eigenvalue weighted by molar-refractivity contribution is 7.99. The molecule has 1 unspecified atom stereocenters. The van der Waals surface area contributed by atoms with Crippen LogP contribution in [0.1, 0.15) is 5.82 Å². The molecule has 1 atom stereocenters. The number of hydrogen-bond acceptors (Lipinski definition) is 4. The first-order valence-electron chi connectivity index (χ1n) is 4.61. The first-order chi connectivity index (χ1) is 7.36. The van der Waals surface area contributed by atoms with Gasteiger partial charge in [0.05, 0.1) is 5.92 Å². The second-order valence-electron chi connectivity index (χ2n) is 3.37. The Kier molecular flexibility index (Phi) is 4.20. The number of nitrogens with two attached hydrogens (primary N) is 1. The van der Waals surface area contributed by atoms with Crippen LogP contribution in [0.5, 0.6) is 0 Å². The normalized spacial score (nSPS) is 14.1. The summed E-state index contributed by atoms with van der Waals surface area (Å²) < 4.78 is 38.8. The van der Waals surface area contributed by atoms with Crippen LogP contribution in [0.25, 0.3) is 0 Å². The van der Waals surface area contributed by atoms with E-state index in [0.29, 0.717) is 11.0 Å². The Morgan fingerprint density at radius 2 is 2.06 bits per heavy atom. The molecule has 4 nitrogen and oxygen atoms in total. The molecule has 0 radical (unpaired) electrons. The van der Waals surface area contributed by atoms with Crippen LogP contribution in [0.2, 0.25) is 0 Å². The molecule has 0 aliphatic heterocycles. The molecule has 0 aromatic carbocycles. The molecule has 2 N–H and O–H groups in total. The highest BCUT2D eigenvalue weighted by atomic mass is 32.2. The van der Waals surface area contributed by atoms with Crippen molar-refractivity contribution >= 4 is 11.8 Å². The SMILES string of the molecule is Cc1nnc(SCC(CN)C(F)(F)F)n1C. The lowest BCUT2D eigenvalue weighted by atomic mass is 10.2. The van der Waals surface area contributed by atoms with Gasteiger partial charge in [0, 0.05) is 19.3 Å². The number of alkyl halides is 3. The van der Waals surface area contributed by atoms with Gasteiger partial charge in [-0.05, 0) is 6.92 Å². The van der Waals surface area contributed by atoms with E-state index in [1.54, 1.807) is 18.5 Å². The van der Waals surface area contributed by atoms with Gasteiger partial charge in [0.1, 0.15) is 5.82 Å². The fourth-order valence-electron chi connectivity index (χ4n) is 0.985. The van der Waals surface area contributed by atoms with Gasteiger partial charge in [0.25, 0.3) is 0 Å². The largest absolute Gasteiger partial charge is 0.393 e. The third kappa shape index (κ3) is 3.11. The van der Waals surface area contributed by atoms with Crippen molar-refractivity contribution in [3.05, 3.63) is 5.82 Å². The minimum Gasteiger partial charge on any atom is -0.330 e. The number of hydrogen-bond donors (Lipinski definition) is 1. The van der Waals surface area contributed by atoms with E-state index in [4.69, 9.17) is 5.73 Å². The Morgan fingerprint density at radius 1 is 1.44 bits per heavy atom. The molecule has 1 heterocycles. The Labute approximate surface area is 95.4 Å². The van der Waals surface area contributed by atoms with Gasteiger partial charge in [-0.2, -0.15) is 13.2 Å². The smallest absolute Gasteiger partial charge is 0.330 e. The first kappa shape index (κ1) is 13.3. The topological polar surface area (TPSA) is 56.7 Å². The van der Waals surface area contributed by atoms with Crippen LogP contribution in [0.4, 0.5) is 13.2 Å². The maximum absolute atomic E-state index is 12.4. The number of thioether (sulfide) groups is 1. The van der Waals surface area contributed by atoms with Gasteiger partial charge < -0.3 is 10.3 Å². The van der Waals surface area contributed by atoms with Crippen molar-refractivity contribution < 1.29 is 13.2 Å². The molecule has 0 fully saturated rings. The molecule has 0 amide bonds. The monoisotopic (exact) mass is 254 g/mol. The van der Waals surface area contributed by atoms with E-state index in [-0.39, 0.29) is 5.75 Å². The van der Waals surface area contributed by atoms with Crippen molar-refractivity contribution in [1.29, 1.82) is 0 Å². The third-order valence-corrected chi connectivity index (χ3v) is 3.40. The van der Waals surface area contributed by atoms with Crippen LogP contribution < -0.4 is 5.73 Å². The molecule has 1 aromatic rings. The lowest BCUT2D eigenvalue weighted by molar-refractivity contribution is -0.165. The zero-order valence-corrected chi connectivity index (χ0v) is 9.77. The van der Waals surface area contributed by atoms with E-state index in [9.17, 15) is 13.2 Å². The summed E-state index contributed by atoms with van der Waals surface area (Å²) in [6.45, 7) is 1.33. The Hall–Kier alpha value is -0.760. The molecule has 1 rings (SSSR count). The molecule has 0 aliphatic carbocycles. The van der Waals surface area contributed by atoms with Crippen LogP contribution in [-0.2, 0) is 7.05 Å². The van der Waals surface area contributed by atoms with Gasteiger partial charge in [0.15, 0.2) is 5.16 Å². The lowest BCUT2D eigenvalue weighted by Crippen LogP contribution is -2.32. The third-order valence-electron chi connectivity index (χ3n) is 2.21. The van der Waals surface area contributed by atoms with Crippen molar-refractivity contribution in [2.75, 3.05) is 12.3 Å². The lowest BCUT2D eigenvalue weighted by Gasteiger charge is -2.17. The molecule has 0 saturated heterocycles. The summed E-state index contributed by atoms with van der Waals surface area (Å²) in [5.41, 5.74) is 5.09. The Balaban J connectivity index is 2.60. The average Bonchev–Trinajstić information content (AvgIpc) is 2.48. The van der Waals surface area contributed by atoms with Crippen molar-refractivity contribution in [3.8, 4) is 0 Å². The van der Waals surface area contributed by atoms with Gasteiger partial charge >= 0.3 is 6.18 Å². The minimum absolute atomic E-state index is 0.133. The zero-order valence-electron chi connectivity index (χ0n) is 8.95. The highest BCUT2D eigenvalue weighted by Gasteiger charge is 2.38. The molecule has 92 valence electrons. The second-order valence-corrected chi connectivity index (χ2v) is 4.36. The van der Waals surface area contributed by atoms with Crippen molar-refractivity contribution in [2.45, 2.75) is 18.3 Å². The van der Waals surface area contributed by atoms with Crippen molar-refractivity contribution in [1.82, 2.24) is 14.8 Å². The van der Waals surface area contributed by atoms with Crippen LogP contribution in [-0.4, -0.2) is 33.2 Å². The van der Waals surface area contributed by atoms with Gasteiger partial charge in [-0.3, -0.25) is 0 Å². The summed E-state index contributed by atoms with van der Waals surface area (Å²) in [6, 6.07) is 0. The fourth-order valence-corrected chi connectivity index (χ4v) is 2.08. The predicted molar refractivity (Wildman–Crippen MR) is 55.1 cm³/mol. The van der Waals surface area contributed by atoms with Crippen molar-refractivity contribution in [3.63, 3.8) is 0 Å². The summed E-state index contributed by atoms with van der Waals surface area (Å²) in [6.07, 6.45) is -4.25. The van der Waals surface area contributed by atoms with E-state index in [1.165, 1.54) is 0 Å². The summed E-state index contributed by atoms with van der Waals surface area (Å²) in [7, 11) is 1.71. The number of rotatable bonds is 4. The average molecular weight is 254 g/mol. The van der Waals surface area contributed by atoms with Crippen LogP contribution >= 0.6 is 11.8 Å². The molecular formula is C8H13F3N4S. The van der Waals surface area contributed by atoms with Crippen LogP contribution in [0, 0.1) is 12.8 Å². The first-order valence-corrected chi connectivity index (χ1v) is 5.60. The molecule has 0 saturated carbocycles. The van der Waals surface area contributed by atoms with Crippen LogP contribution in [0.15, 0.2) is 5.16 Å². The fraction of sp³-hybridized carbons (Fsp3) is 0.750. The summed E-state index contributed by atoms with van der Waals surface area (Å²) in [5, 5.41) is 8.01. The van der Waals surface area contributed by atoms with E-state index >= 15 is 0 Å². The van der Waals surface area contributed by atoms with E-state index in [2.05, 4.69) is 10.2 Å². The molecule has 16 heavy (non-hydrogen) atoms. The highest BCUT2D eigenvalue weighted by Crippen LogP contribution is 2.30. The maximum Gasteiger partial charge on any atom is 0.393 e. The van der Waals surface area contributed by atoms with E-state index in [0.717, 1.165) is 11.8 Å². The zero-order chi connectivity index (χ0) is 12.3. The molecular weight excluding hydrogens is 241 g/mol. The summed E-state index contributed by atoms with van der Waals surface area (Å²) in [5.74, 6) is -0.972.